The number of carbonyl (C=O) groups is 9. The summed E-state index contributed by atoms with van der Waals surface area (Å²) in [6, 6.07) is 0. The van der Waals surface area contributed by atoms with Gasteiger partial charge in [-0.3, -0.25) is 48.5 Å². The monoisotopic (exact) mass is 809 g/mol. The summed E-state index contributed by atoms with van der Waals surface area (Å²) in [4.78, 5) is 129. The number of halogens is 2. The van der Waals surface area contributed by atoms with Crippen LogP contribution in [0, 0.1) is 63.1 Å². The van der Waals surface area contributed by atoms with Crippen LogP contribution in [0.25, 0.3) is 0 Å². The minimum atomic E-state index is -2.74. The van der Waals surface area contributed by atoms with Crippen LogP contribution in [-0.2, 0) is 43.2 Å². The van der Waals surface area contributed by atoms with E-state index in [4.69, 9.17) is 23.2 Å². The molecule has 0 aromatic rings. The van der Waals surface area contributed by atoms with Gasteiger partial charge in [-0.25, -0.2) is 0 Å². The zero-order valence-electron chi connectivity index (χ0n) is 31.8. The van der Waals surface area contributed by atoms with Crippen LogP contribution >= 0.6 is 23.2 Å². The van der Waals surface area contributed by atoms with Gasteiger partial charge in [-0.05, 0) is 69.3 Å². The molecule has 56 heavy (non-hydrogen) atoms. The largest absolute Gasteiger partial charge is 0.481 e. The maximum absolute atomic E-state index is 15.9. The van der Waals surface area contributed by atoms with Crippen molar-refractivity contribution in [1.82, 2.24) is 5.32 Å². The van der Waals surface area contributed by atoms with Crippen molar-refractivity contribution in [2.75, 3.05) is 0 Å². The molecule has 0 aromatic carbocycles. The van der Waals surface area contributed by atoms with Crippen LogP contribution in [0.3, 0.4) is 0 Å². The smallest absolute Gasteiger partial charge is 0.306 e. The number of nitrogens with one attached hydrogen (secondary N) is 1. The van der Waals surface area contributed by atoms with Crippen LogP contribution in [0.15, 0.2) is 45.5 Å². The van der Waals surface area contributed by atoms with E-state index in [0.717, 1.165) is 12.5 Å². The number of piperidine rings is 1. The van der Waals surface area contributed by atoms with E-state index in [0.29, 0.717) is 12.8 Å². The highest BCUT2D eigenvalue weighted by Gasteiger charge is 3.05. The van der Waals surface area contributed by atoms with Crippen LogP contribution in [-0.4, -0.2) is 68.3 Å². The second-order valence-electron chi connectivity index (χ2n) is 17.1. The van der Waals surface area contributed by atoms with Gasteiger partial charge < -0.3 is 10.2 Å². The van der Waals surface area contributed by atoms with E-state index in [-0.39, 0.29) is 42.7 Å². The SMILES string of the molecule is C/C=C\C(=O)[C@@]1(O)CC2C[C@H](C(=O)O)C[C@H](C)C2[C@@H]1C(=O)[C@]12C(=O)NC(=O)[C@]1(CCCCCC)[C@]21C(=O)C(Cl)=C([C@@H]2[C@@H](C)[C@]23C(=O)C(Cl)=C(/C=C/C)C3=O)C1=O. The second kappa shape index (κ2) is 13.1. The Labute approximate surface area is 333 Å². The van der Waals surface area contributed by atoms with Crippen molar-refractivity contribution in [3.8, 4) is 0 Å². The summed E-state index contributed by atoms with van der Waals surface area (Å²) in [6.07, 6.45) is 7.03. The van der Waals surface area contributed by atoms with Crippen molar-refractivity contribution in [2.45, 2.75) is 91.6 Å². The average molecular weight is 811 g/mol. The Bertz CT molecular complexity index is 2100. The van der Waals surface area contributed by atoms with Crippen LogP contribution in [0.2, 0.25) is 0 Å². The topological polar surface area (TPSA) is 206 Å². The van der Waals surface area contributed by atoms with E-state index in [9.17, 15) is 39.0 Å². The number of allylic oxidation sites excluding steroid dienone is 7. The maximum Gasteiger partial charge on any atom is 0.306 e. The van der Waals surface area contributed by atoms with Gasteiger partial charge in [0.15, 0.2) is 34.7 Å². The number of fused-ring (bicyclic) bond motifs is 4. The van der Waals surface area contributed by atoms with Gasteiger partial charge in [0.05, 0.1) is 27.3 Å². The van der Waals surface area contributed by atoms with Gasteiger partial charge in [0.1, 0.15) is 21.8 Å². The Kier molecular flexibility index (Phi) is 9.42. The molecule has 7 rings (SSSR count). The highest BCUT2D eigenvalue weighted by Crippen LogP contribution is 2.88. The molecule has 1 saturated heterocycles. The summed E-state index contributed by atoms with van der Waals surface area (Å²) in [5.74, 6) is -15.8. The van der Waals surface area contributed by atoms with Crippen LogP contribution in [0.4, 0.5) is 0 Å². The first kappa shape index (κ1) is 40.3. The van der Waals surface area contributed by atoms with Gasteiger partial charge in [0.25, 0.3) is 0 Å². The first-order valence-corrected chi connectivity index (χ1v) is 20.2. The Morgan fingerprint density at radius 1 is 0.875 bits per heavy atom. The lowest BCUT2D eigenvalue weighted by molar-refractivity contribution is -0.155. The molecule has 0 bridgehead atoms. The summed E-state index contributed by atoms with van der Waals surface area (Å²) in [5, 5.41) is 23.6. The zero-order chi connectivity index (χ0) is 41.2. The quantitative estimate of drug-likeness (QED) is 0.108. The van der Waals surface area contributed by atoms with Crippen molar-refractivity contribution in [3.05, 3.63) is 45.5 Å². The molecule has 2 spiro atoms. The Morgan fingerprint density at radius 3 is 2.16 bits per heavy atom. The second-order valence-corrected chi connectivity index (χ2v) is 17.8. The summed E-state index contributed by atoms with van der Waals surface area (Å²) in [6.45, 7) is 8.33. The number of amides is 2. The molecule has 3 N–H and O–H groups in total. The number of imide groups is 1. The van der Waals surface area contributed by atoms with Crippen molar-refractivity contribution in [1.29, 1.82) is 0 Å². The fourth-order valence-corrected chi connectivity index (χ4v) is 13.3. The van der Waals surface area contributed by atoms with Crippen molar-refractivity contribution < 1.29 is 53.4 Å². The van der Waals surface area contributed by atoms with Crippen molar-refractivity contribution in [2.24, 2.45) is 63.1 Å². The number of Topliss-reactive ketones (excluding diaryl/α,β-unsaturated/α-hetero) is 5. The van der Waals surface area contributed by atoms with E-state index in [1.54, 1.807) is 13.8 Å². The maximum atomic E-state index is 15.9. The Balaban J connectivity index is 1.41. The molecule has 0 radical (unpaired) electrons. The summed E-state index contributed by atoms with van der Waals surface area (Å²) < 4.78 is 0. The third-order valence-electron chi connectivity index (χ3n) is 14.8. The number of carboxylic acid groups (broad SMARTS) is 1. The van der Waals surface area contributed by atoms with E-state index in [1.807, 2.05) is 6.92 Å². The molecule has 5 fully saturated rings. The van der Waals surface area contributed by atoms with Crippen molar-refractivity contribution >= 4 is 75.7 Å². The summed E-state index contributed by atoms with van der Waals surface area (Å²) >= 11 is 13.2. The first-order valence-electron chi connectivity index (χ1n) is 19.5. The number of carbonyl (C=O) groups excluding carboxylic acids is 8. The molecule has 1 aliphatic heterocycles. The Morgan fingerprint density at radius 2 is 1.55 bits per heavy atom. The van der Waals surface area contributed by atoms with Gasteiger partial charge in [-0.15, -0.1) is 0 Å². The van der Waals surface area contributed by atoms with E-state index < -0.39 is 132 Å². The molecule has 2 unspecified atom stereocenters. The minimum Gasteiger partial charge on any atom is -0.481 e. The molecular formula is C42H45Cl2NO11. The minimum absolute atomic E-state index is 0.0237. The summed E-state index contributed by atoms with van der Waals surface area (Å²) in [7, 11) is 0. The number of hydrogen-bond acceptors (Lipinski definition) is 10. The highest BCUT2D eigenvalue weighted by atomic mass is 35.5. The molecule has 2 amide bonds. The summed E-state index contributed by atoms with van der Waals surface area (Å²) in [5.41, 5.74) is -12.6. The molecule has 12 atom stereocenters. The van der Waals surface area contributed by atoms with Crippen LogP contribution in [0.5, 0.6) is 0 Å². The lowest BCUT2D eigenvalue weighted by atomic mass is 9.63. The van der Waals surface area contributed by atoms with Crippen LogP contribution in [0.1, 0.15) is 86.0 Å². The van der Waals surface area contributed by atoms with Gasteiger partial charge >= 0.3 is 5.97 Å². The lowest BCUT2D eigenvalue weighted by Gasteiger charge is -2.39. The van der Waals surface area contributed by atoms with Gasteiger partial charge in [-0.2, -0.15) is 0 Å². The number of aliphatic hydroxyl groups is 1. The third-order valence-corrected chi connectivity index (χ3v) is 15.6. The van der Waals surface area contributed by atoms with Gasteiger partial charge in [-0.1, -0.05) is 87.9 Å². The highest BCUT2D eigenvalue weighted by molar-refractivity contribution is 6.57. The fraction of sp³-hybridized carbons (Fsp3) is 0.595. The normalized spacial score (nSPS) is 42.6. The lowest BCUT2D eigenvalue weighted by Crippen LogP contribution is -2.54. The fourth-order valence-electron chi connectivity index (χ4n) is 12.7. The molecule has 1 heterocycles. The van der Waals surface area contributed by atoms with E-state index in [2.05, 4.69) is 5.32 Å². The molecule has 0 aromatic heterocycles. The zero-order valence-corrected chi connectivity index (χ0v) is 33.3. The van der Waals surface area contributed by atoms with Crippen LogP contribution < -0.4 is 5.32 Å². The number of hydrogen-bond donors (Lipinski definition) is 3. The molecule has 4 saturated carbocycles. The number of unbranched alkanes of at least 4 members (excludes halogenated alkanes) is 3. The van der Waals surface area contributed by atoms with Gasteiger partial charge in [0.2, 0.25) is 11.8 Å². The standard InChI is InChI=1S/C42H45Cl2NO11/c1-6-9-10-11-14-39-36(54)45-37(55)42(39,32(49)27-24-18(4)15-20(35(52)53)16-21(24)17-38(27,56)23(46)13-8-3)41(39)31(48)25(29(44)34(41)51)26-19(5)40(26)30(47)22(12-7-2)28(43)33(40)50/h7-8,12-13,18-21,24,26-27,56H,6,9-11,14-17H2,1-5H3,(H,52,53)(H,45,54,55)/b12-7+,13-8-/t18-,19+,20+,21?,24?,26-,27+,38-,39+,40-,41-,42-/m0/s1. The van der Waals surface area contributed by atoms with Crippen molar-refractivity contribution in [3.63, 3.8) is 0 Å². The molecule has 298 valence electrons. The number of aliphatic carboxylic acids is 1. The third kappa shape index (κ3) is 4.33. The van der Waals surface area contributed by atoms with Gasteiger partial charge in [0, 0.05) is 17.1 Å². The molecule has 7 aliphatic rings. The molecular weight excluding hydrogens is 765 g/mol. The Hall–Kier alpha value is -3.87. The molecule has 12 nitrogen and oxygen atoms in total. The molecule has 14 heteroatoms. The molecule has 6 aliphatic carbocycles. The number of ketones is 6. The van der Waals surface area contributed by atoms with E-state index in [1.165, 1.54) is 32.1 Å². The number of rotatable bonds is 12. The average Bonchev–Trinajstić information content (AvgIpc) is 3.76. The predicted octanol–water partition coefficient (Wildman–Crippen LogP) is 4.53. The van der Waals surface area contributed by atoms with E-state index >= 15 is 14.4 Å². The predicted molar refractivity (Wildman–Crippen MR) is 199 cm³/mol. The number of carboxylic acids is 1. The first-order chi connectivity index (χ1) is 26.3.